The minimum atomic E-state index is 0.305. The molecule has 106 valence electrons. The van der Waals surface area contributed by atoms with Crippen LogP contribution in [-0.4, -0.2) is 7.05 Å². The summed E-state index contributed by atoms with van der Waals surface area (Å²) in [4.78, 5) is 0. The van der Waals surface area contributed by atoms with Gasteiger partial charge in [-0.25, -0.2) is 0 Å². The molecule has 2 aromatic carbocycles. The van der Waals surface area contributed by atoms with Crippen LogP contribution in [0.2, 0.25) is 0 Å². The topological polar surface area (TPSA) is 21.3 Å². The first-order chi connectivity index (χ1) is 9.51. The molecule has 1 unspecified atom stereocenters. The number of halogens is 1. The fraction of sp³-hybridized carbons (Fsp3) is 0.294. The minimum absolute atomic E-state index is 0.305. The van der Waals surface area contributed by atoms with Gasteiger partial charge in [-0.3, -0.25) is 0 Å². The third-order valence-electron chi connectivity index (χ3n) is 3.43. The third kappa shape index (κ3) is 3.41. The van der Waals surface area contributed by atoms with Gasteiger partial charge in [0.1, 0.15) is 11.5 Å². The molecule has 0 radical (unpaired) electrons. The summed E-state index contributed by atoms with van der Waals surface area (Å²) in [5, 5.41) is 3.24. The molecular weight excluding hydrogens is 314 g/mol. The molecule has 0 aliphatic carbocycles. The van der Waals surface area contributed by atoms with Crippen LogP contribution in [0.25, 0.3) is 0 Å². The van der Waals surface area contributed by atoms with Crippen LogP contribution >= 0.6 is 15.9 Å². The molecule has 1 atom stereocenters. The maximum absolute atomic E-state index is 5.96. The first-order valence-corrected chi connectivity index (χ1v) is 7.52. The highest BCUT2D eigenvalue weighted by atomic mass is 79.9. The van der Waals surface area contributed by atoms with Crippen molar-refractivity contribution in [3.05, 3.63) is 57.6 Å². The summed E-state index contributed by atoms with van der Waals surface area (Å²) in [6.45, 7) is 6.28. The van der Waals surface area contributed by atoms with Gasteiger partial charge in [0, 0.05) is 10.5 Å². The number of ether oxygens (including phenoxy) is 1. The molecule has 0 aliphatic heterocycles. The van der Waals surface area contributed by atoms with Crippen molar-refractivity contribution in [2.24, 2.45) is 0 Å². The van der Waals surface area contributed by atoms with Crippen LogP contribution in [0, 0.1) is 13.8 Å². The van der Waals surface area contributed by atoms with E-state index in [-0.39, 0.29) is 0 Å². The van der Waals surface area contributed by atoms with Crippen LogP contribution in [-0.2, 0) is 0 Å². The fourth-order valence-corrected chi connectivity index (χ4v) is 2.82. The summed E-state index contributed by atoms with van der Waals surface area (Å²) in [7, 11) is 1.96. The van der Waals surface area contributed by atoms with Crippen molar-refractivity contribution in [1.29, 1.82) is 0 Å². The van der Waals surface area contributed by atoms with Crippen LogP contribution in [0.4, 0.5) is 0 Å². The van der Waals surface area contributed by atoms with Crippen molar-refractivity contribution in [3.63, 3.8) is 0 Å². The van der Waals surface area contributed by atoms with Crippen LogP contribution < -0.4 is 10.1 Å². The lowest BCUT2D eigenvalue weighted by atomic mass is 10.1. The monoisotopic (exact) mass is 333 g/mol. The largest absolute Gasteiger partial charge is 0.457 e. The lowest BCUT2D eigenvalue weighted by Crippen LogP contribution is -2.12. The molecular formula is C17H20BrNO. The molecule has 0 bridgehead atoms. The molecule has 0 fully saturated rings. The second kappa shape index (κ2) is 6.42. The van der Waals surface area contributed by atoms with Gasteiger partial charge in [0.05, 0.1) is 0 Å². The zero-order valence-electron chi connectivity index (χ0n) is 12.3. The highest BCUT2D eigenvalue weighted by Gasteiger charge is 2.09. The molecule has 1 N–H and O–H groups in total. The van der Waals surface area contributed by atoms with Crippen LogP contribution in [0.1, 0.15) is 29.7 Å². The highest BCUT2D eigenvalue weighted by Crippen LogP contribution is 2.31. The molecule has 2 rings (SSSR count). The van der Waals surface area contributed by atoms with Gasteiger partial charge in [0.15, 0.2) is 0 Å². The Morgan fingerprint density at radius 2 is 1.85 bits per heavy atom. The molecule has 0 saturated carbocycles. The van der Waals surface area contributed by atoms with E-state index in [0.717, 1.165) is 21.5 Å². The lowest BCUT2D eigenvalue weighted by molar-refractivity contribution is 0.477. The summed E-state index contributed by atoms with van der Waals surface area (Å²) in [5.41, 5.74) is 3.61. The molecule has 0 saturated heterocycles. The van der Waals surface area contributed by atoms with Gasteiger partial charge >= 0.3 is 0 Å². The number of hydrogen-bond donors (Lipinski definition) is 1. The molecule has 0 amide bonds. The number of rotatable bonds is 4. The van der Waals surface area contributed by atoms with E-state index in [1.54, 1.807) is 0 Å². The number of aryl methyl sites for hydroxylation is 2. The van der Waals surface area contributed by atoms with Gasteiger partial charge in [-0.1, -0.05) is 39.7 Å². The van der Waals surface area contributed by atoms with Gasteiger partial charge < -0.3 is 10.1 Å². The average Bonchev–Trinajstić information content (AvgIpc) is 2.41. The van der Waals surface area contributed by atoms with E-state index in [0.29, 0.717) is 6.04 Å². The quantitative estimate of drug-likeness (QED) is 0.836. The second-order valence-corrected chi connectivity index (χ2v) is 5.92. The first-order valence-electron chi connectivity index (χ1n) is 6.73. The maximum Gasteiger partial charge on any atom is 0.130 e. The van der Waals surface area contributed by atoms with E-state index in [1.807, 2.05) is 25.2 Å². The van der Waals surface area contributed by atoms with E-state index in [4.69, 9.17) is 4.74 Å². The zero-order chi connectivity index (χ0) is 14.7. The molecule has 20 heavy (non-hydrogen) atoms. The van der Waals surface area contributed by atoms with Gasteiger partial charge in [-0.05, 0) is 57.1 Å². The van der Waals surface area contributed by atoms with Crippen molar-refractivity contribution < 1.29 is 4.74 Å². The van der Waals surface area contributed by atoms with Gasteiger partial charge in [-0.2, -0.15) is 0 Å². The van der Waals surface area contributed by atoms with E-state index in [2.05, 4.69) is 60.2 Å². The maximum atomic E-state index is 5.96. The smallest absolute Gasteiger partial charge is 0.130 e. The summed E-state index contributed by atoms with van der Waals surface area (Å²) < 4.78 is 7.02. The second-order valence-electron chi connectivity index (χ2n) is 5.06. The van der Waals surface area contributed by atoms with Crippen molar-refractivity contribution in [2.75, 3.05) is 7.05 Å². The van der Waals surface area contributed by atoms with Gasteiger partial charge in [0.2, 0.25) is 0 Å². The van der Waals surface area contributed by atoms with E-state index < -0.39 is 0 Å². The number of benzene rings is 2. The Bertz CT molecular complexity index is 610. The van der Waals surface area contributed by atoms with Crippen molar-refractivity contribution >= 4 is 15.9 Å². The molecule has 3 heteroatoms. The summed E-state index contributed by atoms with van der Waals surface area (Å²) in [6, 6.07) is 12.6. The minimum Gasteiger partial charge on any atom is -0.457 e. The average molecular weight is 334 g/mol. The predicted molar refractivity (Wildman–Crippen MR) is 87.6 cm³/mol. The Hall–Kier alpha value is -1.32. The SMILES string of the molecule is CNC(C)c1ccc(Oc2ccc(C)cc2C)cc1Br. The Labute approximate surface area is 129 Å². The molecule has 2 nitrogen and oxygen atoms in total. The summed E-state index contributed by atoms with van der Waals surface area (Å²) in [5.74, 6) is 1.74. The van der Waals surface area contributed by atoms with Crippen molar-refractivity contribution in [3.8, 4) is 11.5 Å². The Morgan fingerprint density at radius 3 is 2.45 bits per heavy atom. The summed E-state index contributed by atoms with van der Waals surface area (Å²) >= 11 is 3.61. The third-order valence-corrected chi connectivity index (χ3v) is 4.12. The highest BCUT2D eigenvalue weighted by molar-refractivity contribution is 9.10. The number of nitrogens with one attached hydrogen (secondary N) is 1. The molecule has 2 aromatic rings. The first kappa shape index (κ1) is 15.1. The molecule has 0 heterocycles. The number of hydrogen-bond acceptors (Lipinski definition) is 2. The molecule has 0 aliphatic rings. The van der Waals surface area contributed by atoms with Crippen molar-refractivity contribution in [1.82, 2.24) is 5.32 Å². The normalized spacial score (nSPS) is 12.2. The molecule has 0 aromatic heterocycles. The Morgan fingerprint density at radius 1 is 1.10 bits per heavy atom. The standard InChI is InChI=1S/C17H20BrNO/c1-11-5-8-17(12(2)9-11)20-14-6-7-15(13(3)19-4)16(18)10-14/h5-10,13,19H,1-4H3. The van der Waals surface area contributed by atoms with Crippen LogP contribution in [0.15, 0.2) is 40.9 Å². The van der Waals surface area contributed by atoms with E-state index in [1.165, 1.54) is 11.1 Å². The van der Waals surface area contributed by atoms with Gasteiger partial charge in [0.25, 0.3) is 0 Å². The summed E-state index contributed by atoms with van der Waals surface area (Å²) in [6.07, 6.45) is 0. The fourth-order valence-electron chi connectivity index (χ4n) is 2.12. The van der Waals surface area contributed by atoms with E-state index in [9.17, 15) is 0 Å². The van der Waals surface area contributed by atoms with Gasteiger partial charge in [-0.15, -0.1) is 0 Å². The van der Waals surface area contributed by atoms with Crippen LogP contribution in [0.3, 0.4) is 0 Å². The molecule has 0 spiro atoms. The lowest BCUT2D eigenvalue weighted by Gasteiger charge is -2.15. The Kier molecular flexibility index (Phi) is 4.84. The zero-order valence-corrected chi connectivity index (χ0v) is 13.9. The Balaban J connectivity index is 2.24. The van der Waals surface area contributed by atoms with E-state index >= 15 is 0 Å². The van der Waals surface area contributed by atoms with Crippen LogP contribution in [0.5, 0.6) is 11.5 Å². The predicted octanol–water partition coefficient (Wildman–Crippen LogP) is 5.14. The van der Waals surface area contributed by atoms with Crippen molar-refractivity contribution in [2.45, 2.75) is 26.8 Å².